The number of halogens is 3. The van der Waals surface area contributed by atoms with E-state index in [1.165, 1.54) is 6.07 Å². The number of hydrogen-bond donors (Lipinski definition) is 1. The van der Waals surface area contributed by atoms with Crippen LogP contribution in [-0.4, -0.2) is 4.89 Å². The van der Waals surface area contributed by atoms with Crippen LogP contribution in [0.25, 0.3) is 0 Å². The quantitative estimate of drug-likeness (QED) is 0.819. The molecule has 0 radical (unpaired) electrons. The van der Waals surface area contributed by atoms with Gasteiger partial charge in [-0.3, -0.25) is 0 Å². The van der Waals surface area contributed by atoms with Crippen molar-refractivity contribution < 1.29 is 27.2 Å². The van der Waals surface area contributed by atoms with Crippen LogP contribution in [0, 0.1) is 11.3 Å². The molecule has 1 rings (SSSR count). The van der Waals surface area contributed by atoms with Crippen LogP contribution in [0.5, 0.6) is 5.75 Å². The van der Waals surface area contributed by atoms with Crippen molar-refractivity contribution in [1.82, 2.24) is 0 Å². The average molecular weight is 250 g/mol. The van der Waals surface area contributed by atoms with Crippen molar-refractivity contribution >= 4 is 8.25 Å². The van der Waals surface area contributed by atoms with E-state index in [0.29, 0.717) is 6.07 Å². The maximum absolute atomic E-state index is 12.4. The van der Waals surface area contributed by atoms with Crippen molar-refractivity contribution in [1.29, 1.82) is 5.26 Å². The average Bonchev–Trinajstić information content (AvgIpc) is 2.15. The third kappa shape index (κ3) is 2.92. The Morgan fingerprint density at radius 2 is 2.06 bits per heavy atom. The predicted molar refractivity (Wildman–Crippen MR) is 46.6 cm³/mol. The Morgan fingerprint density at radius 1 is 1.44 bits per heavy atom. The number of rotatable bonds is 2. The van der Waals surface area contributed by atoms with Gasteiger partial charge in [0.2, 0.25) is 0 Å². The smallest absolute Gasteiger partial charge is 0.229 e. The first-order chi connectivity index (χ1) is 7.34. The van der Waals surface area contributed by atoms with Gasteiger partial charge in [-0.25, -0.2) is 4.52 Å². The molecule has 4 nitrogen and oxygen atoms in total. The van der Waals surface area contributed by atoms with Crippen LogP contribution in [0.1, 0.15) is 11.1 Å². The lowest BCUT2D eigenvalue weighted by molar-refractivity contribution is -0.137. The Balaban J connectivity index is 3.23. The van der Waals surface area contributed by atoms with E-state index >= 15 is 0 Å². The van der Waals surface area contributed by atoms with Gasteiger partial charge in [0.15, 0.2) is 5.75 Å². The van der Waals surface area contributed by atoms with E-state index in [0.717, 1.165) is 12.1 Å². The molecule has 0 spiro atoms. The van der Waals surface area contributed by atoms with Gasteiger partial charge in [0.05, 0.1) is 17.2 Å². The molecule has 84 valence electrons. The van der Waals surface area contributed by atoms with Gasteiger partial charge in [-0.2, -0.15) is 18.4 Å². The first-order valence-electron chi connectivity index (χ1n) is 3.80. The van der Waals surface area contributed by atoms with Crippen LogP contribution in [0.4, 0.5) is 13.2 Å². The van der Waals surface area contributed by atoms with Crippen LogP contribution in [0.3, 0.4) is 0 Å². The molecule has 1 aromatic carbocycles. The second-order valence-corrected chi connectivity index (χ2v) is 3.30. The summed E-state index contributed by atoms with van der Waals surface area (Å²) in [5.74, 6) is -0.421. The summed E-state index contributed by atoms with van der Waals surface area (Å²) in [5.41, 5.74) is -1.78. The lowest BCUT2D eigenvalue weighted by Crippen LogP contribution is -2.07. The van der Waals surface area contributed by atoms with Gasteiger partial charge in [-0.15, -0.1) is 4.89 Å². The molecule has 0 aliphatic heterocycles. The Hall–Kier alpha value is -1.64. The van der Waals surface area contributed by atoms with Crippen molar-refractivity contribution in [3.8, 4) is 11.8 Å². The summed E-state index contributed by atoms with van der Waals surface area (Å²) in [4.78, 5) is 8.37. The zero-order valence-corrected chi connectivity index (χ0v) is 8.42. The summed E-state index contributed by atoms with van der Waals surface area (Å²) in [5, 5.41) is 8.46. The van der Waals surface area contributed by atoms with Crippen molar-refractivity contribution in [2.24, 2.45) is 0 Å². The fourth-order valence-electron chi connectivity index (χ4n) is 1.00. The molecule has 0 aliphatic carbocycles. The topological polar surface area (TPSA) is 70.3 Å². The monoisotopic (exact) mass is 250 g/mol. The number of nitriles is 1. The van der Waals surface area contributed by atoms with Crippen LogP contribution in [0.15, 0.2) is 18.2 Å². The van der Waals surface area contributed by atoms with Crippen LogP contribution < -0.4 is 4.52 Å². The predicted octanol–water partition coefficient (Wildman–Crippen LogP) is 2.61. The lowest BCUT2D eigenvalue weighted by Gasteiger charge is -2.08. The maximum Gasteiger partial charge on any atom is 0.747 e. The summed E-state index contributed by atoms with van der Waals surface area (Å²) < 4.78 is 51.7. The number of alkyl halides is 3. The highest BCUT2D eigenvalue weighted by atomic mass is 31.1. The molecule has 0 bridgehead atoms. The normalized spacial score (nSPS) is 11.8. The molecule has 8 heteroatoms. The van der Waals surface area contributed by atoms with Gasteiger partial charge in [-0.1, -0.05) is 0 Å². The van der Waals surface area contributed by atoms with E-state index in [1.807, 2.05) is 0 Å². The van der Waals surface area contributed by atoms with Gasteiger partial charge in [0.25, 0.3) is 0 Å². The molecule has 0 saturated carbocycles. The van der Waals surface area contributed by atoms with Crippen molar-refractivity contribution in [2.75, 3.05) is 0 Å². The molecular weight excluding hydrogens is 246 g/mol. The first kappa shape index (κ1) is 12.4. The van der Waals surface area contributed by atoms with Gasteiger partial charge in [0.1, 0.15) is 0 Å². The molecule has 1 unspecified atom stereocenters. The van der Waals surface area contributed by atoms with E-state index in [2.05, 4.69) is 4.52 Å². The molecule has 0 heterocycles. The summed E-state index contributed by atoms with van der Waals surface area (Å²) in [6.07, 6.45) is -4.72. The number of benzene rings is 1. The van der Waals surface area contributed by atoms with Crippen molar-refractivity contribution in [2.45, 2.75) is 6.18 Å². The van der Waals surface area contributed by atoms with Crippen molar-refractivity contribution in [3.63, 3.8) is 0 Å². The molecule has 16 heavy (non-hydrogen) atoms. The molecule has 0 fully saturated rings. The summed E-state index contributed by atoms with van der Waals surface area (Å²) in [6.45, 7) is 0. The first-order valence-corrected chi connectivity index (χ1v) is 4.93. The lowest BCUT2D eigenvalue weighted by atomic mass is 10.1. The molecule has 1 aromatic rings. The van der Waals surface area contributed by atoms with Crippen molar-refractivity contribution in [3.05, 3.63) is 29.3 Å². The highest BCUT2D eigenvalue weighted by molar-refractivity contribution is 7.32. The summed E-state index contributed by atoms with van der Waals surface area (Å²) in [7, 11) is -3.04. The molecule has 1 N–H and O–H groups in total. The maximum atomic E-state index is 12.4. The molecule has 0 amide bonds. The van der Waals surface area contributed by atoms with Gasteiger partial charge in [-0.05, 0) is 18.2 Å². The molecule has 0 aromatic heterocycles. The minimum absolute atomic E-state index is 0.421. The fourth-order valence-corrected chi connectivity index (χ4v) is 1.30. The molecule has 1 atom stereocenters. The van der Waals surface area contributed by atoms with Crippen LogP contribution >= 0.6 is 8.25 Å². The Bertz CT molecular complexity index is 467. The van der Waals surface area contributed by atoms with E-state index in [4.69, 9.17) is 10.2 Å². The van der Waals surface area contributed by atoms with Gasteiger partial charge >= 0.3 is 14.4 Å². The Morgan fingerprint density at radius 3 is 2.50 bits per heavy atom. The standard InChI is InChI=1S/C8H3F3NO3P/c9-8(10,11)7-3-6(15-16(13)14)2-1-5(7)4-12/h1-3H/p+1. The minimum Gasteiger partial charge on any atom is -0.229 e. The highest BCUT2D eigenvalue weighted by Gasteiger charge is 2.34. The van der Waals surface area contributed by atoms with E-state index < -0.39 is 31.3 Å². The third-order valence-corrected chi connectivity index (χ3v) is 1.97. The summed E-state index contributed by atoms with van der Waals surface area (Å²) in [6, 6.07) is 3.76. The van der Waals surface area contributed by atoms with Gasteiger partial charge in [0, 0.05) is 4.57 Å². The minimum atomic E-state index is -4.72. The largest absolute Gasteiger partial charge is 0.747 e. The molecular formula is C8H4F3NO3P+. The number of hydrogen-bond acceptors (Lipinski definition) is 3. The fraction of sp³-hybridized carbons (Fsp3) is 0.125. The highest BCUT2D eigenvalue weighted by Crippen LogP contribution is 2.35. The second kappa shape index (κ2) is 4.47. The second-order valence-electron chi connectivity index (χ2n) is 2.65. The Kier molecular flexibility index (Phi) is 3.48. The number of nitrogens with zero attached hydrogens (tertiary/aromatic N) is 1. The molecule has 0 saturated heterocycles. The van der Waals surface area contributed by atoms with E-state index in [9.17, 15) is 17.7 Å². The van der Waals surface area contributed by atoms with E-state index in [-0.39, 0.29) is 0 Å². The van der Waals surface area contributed by atoms with Crippen LogP contribution in [0.2, 0.25) is 0 Å². The summed E-state index contributed by atoms with van der Waals surface area (Å²) >= 11 is 0. The van der Waals surface area contributed by atoms with Gasteiger partial charge < -0.3 is 0 Å². The SMILES string of the molecule is N#Cc1ccc(O[P+](=O)O)cc1C(F)(F)F. The van der Waals surface area contributed by atoms with E-state index in [1.54, 1.807) is 0 Å². The Labute approximate surface area is 88.8 Å². The van der Waals surface area contributed by atoms with Crippen LogP contribution in [-0.2, 0) is 10.7 Å². The molecule has 0 aliphatic rings. The third-order valence-electron chi connectivity index (χ3n) is 1.60. The zero-order valence-electron chi connectivity index (χ0n) is 7.52. The zero-order chi connectivity index (χ0) is 12.3.